The summed E-state index contributed by atoms with van der Waals surface area (Å²) in [5.74, 6) is -0.301. The molecule has 5 nitrogen and oxygen atoms in total. The summed E-state index contributed by atoms with van der Waals surface area (Å²) in [7, 11) is 0. The van der Waals surface area contributed by atoms with Crippen LogP contribution in [-0.4, -0.2) is 33.7 Å². The molecular weight excluding hydrogens is 406 g/mol. The zero-order valence-corrected chi connectivity index (χ0v) is 18.3. The molecule has 1 atom stereocenters. The lowest BCUT2D eigenvalue weighted by Gasteiger charge is -2.13. The number of anilines is 1. The van der Waals surface area contributed by atoms with Crippen LogP contribution in [-0.2, 0) is 16.0 Å². The van der Waals surface area contributed by atoms with Crippen LogP contribution in [0.4, 0.5) is 11.4 Å². The van der Waals surface area contributed by atoms with Gasteiger partial charge in [-0.2, -0.15) is 0 Å². The number of nitrogens with one attached hydrogen (secondary N) is 1. The van der Waals surface area contributed by atoms with Crippen molar-refractivity contribution in [3.8, 4) is 0 Å². The number of thioether (sulfide) groups is 1. The summed E-state index contributed by atoms with van der Waals surface area (Å²) in [5.41, 5.74) is 3.51. The second-order valence-corrected chi connectivity index (χ2v) is 8.35. The summed E-state index contributed by atoms with van der Waals surface area (Å²) in [6.07, 6.45) is 1.05. The molecule has 1 saturated heterocycles. The third-order valence-electron chi connectivity index (χ3n) is 4.82. The van der Waals surface area contributed by atoms with Crippen LogP contribution in [0.1, 0.15) is 31.4 Å². The van der Waals surface area contributed by atoms with Crippen LogP contribution in [0, 0.1) is 6.92 Å². The van der Waals surface area contributed by atoms with Gasteiger partial charge in [-0.1, -0.05) is 48.5 Å². The van der Waals surface area contributed by atoms with Crippen LogP contribution < -0.4 is 5.32 Å². The first-order valence-electron chi connectivity index (χ1n) is 9.63. The number of halogens is 1. The smallest absolute Gasteiger partial charge is 0.242 e. The maximum absolute atomic E-state index is 12.8. The summed E-state index contributed by atoms with van der Waals surface area (Å²) in [6, 6.07) is 13.3. The van der Waals surface area contributed by atoms with Crippen molar-refractivity contribution < 1.29 is 9.59 Å². The van der Waals surface area contributed by atoms with Gasteiger partial charge in [0.15, 0.2) is 5.17 Å². The predicted molar refractivity (Wildman–Crippen MR) is 121 cm³/mol. The van der Waals surface area contributed by atoms with E-state index in [0.29, 0.717) is 22.4 Å². The lowest BCUT2D eigenvalue weighted by molar-refractivity contribution is -0.128. The summed E-state index contributed by atoms with van der Waals surface area (Å²) in [5, 5.41) is 3.61. The molecule has 0 aromatic heterocycles. The van der Waals surface area contributed by atoms with Gasteiger partial charge in [0.25, 0.3) is 0 Å². The molecule has 1 aliphatic rings. The molecule has 0 spiro atoms. The Kier molecular flexibility index (Phi) is 6.98. The minimum absolute atomic E-state index is 0.0831. The van der Waals surface area contributed by atoms with Crippen LogP contribution in [0.5, 0.6) is 0 Å². The summed E-state index contributed by atoms with van der Waals surface area (Å²) in [6.45, 7) is 6.38. The van der Waals surface area contributed by atoms with E-state index in [1.807, 2.05) is 38.1 Å². The average molecular weight is 430 g/mol. The molecular formula is C22H24ClN3O2S. The van der Waals surface area contributed by atoms with E-state index in [4.69, 9.17) is 11.6 Å². The van der Waals surface area contributed by atoms with Crippen molar-refractivity contribution >= 4 is 51.7 Å². The first kappa shape index (κ1) is 21.4. The molecule has 1 aliphatic heterocycles. The van der Waals surface area contributed by atoms with Gasteiger partial charge in [-0.25, -0.2) is 4.99 Å². The highest BCUT2D eigenvalue weighted by Crippen LogP contribution is 2.32. The molecule has 0 bridgehead atoms. The number of rotatable bonds is 6. The summed E-state index contributed by atoms with van der Waals surface area (Å²) >= 11 is 7.45. The van der Waals surface area contributed by atoms with Crippen molar-refractivity contribution in [2.75, 3.05) is 11.9 Å². The molecule has 1 heterocycles. The minimum atomic E-state index is -0.483. The molecule has 3 rings (SSSR count). The molecule has 29 heavy (non-hydrogen) atoms. The number of carbonyl (C=O) groups is 2. The number of nitrogens with zero attached hydrogens (tertiary/aromatic N) is 2. The number of carbonyl (C=O) groups excluding carboxylic acids is 2. The Hall–Kier alpha value is -2.31. The van der Waals surface area contributed by atoms with Crippen molar-refractivity contribution in [1.82, 2.24) is 4.90 Å². The van der Waals surface area contributed by atoms with E-state index in [1.165, 1.54) is 17.3 Å². The van der Waals surface area contributed by atoms with E-state index in [9.17, 15) is 9.59 Å². The Bertz CT molecular complexity index is 944. The third-order valence-corrected chi connectivity index (χ3v) is 6.40. The van der Waals surface area contributed by atoms with E-state index in [0.717, 1.165) is 17.7 Å². The fourth-order valence-corrected chi connectivity index (χ4v) is 4.44. The molecule has 1 unspecified atom stereocenters. The molecule has 0 aliphatic carbocycles. The van der Waals surface area contributed by atoms with Crippen LogP contribution in [0.15, 0.2) is 47.5 Å². The second kappa shape index (κ2) is 9.46. The number of hydrogen-bond acceptors (Lipinski definition) is 4. The molecule has 1 N–H and O–H groups in total. The summed E-state index contributed by atoms with van der Waals surface area (Å²) in [4.78, 5) is 31.6. The first-order valence-corrected chi connectivity index (χ1v) is 10.9. The van der Waals surface area contributed by atoms with Crippen molar-refractivity contribution in [2.45, 2.75) is 38.9 Å². The lowest BCUT2D eigenvalue weighted by Crippen LogP contribution is -2.33. The Balaban J connectivity index is 1.71. The molecule has 152 valence electrons. The highest BCUT2D eigenvalue weighted by Gasteiger charge is 2.38. The summed E-state index contributed by atoms with van der Waals surface area (Å²) < 4.78 is 0. The number of amides is 2. The number of hydrogen-bond donors (Lipinski definition) is 1. The molecule has 2 amide bonds. The van der Waals surface area contributed by atoms with Crippen LogP contribution in [0.3, 0.4) is 0 Å². The molecule has 0 radical (unpaired) electrons. The van der Waals surface area contributed by atoms with Gasteiger partial charge >= 0.3 is 0 Å². The Labute approximate surface area is 180 Å². The quantitative estimate of drug-likeness (QED) is 0.687. The van der Waals surface area contributed by atoms with Gasteiger partial charge in [0.05, 0.1) is 5.69 Å². The standard InChI is InChI=1S/C22H24ClN3O2S/c1-4-15-9-11-16(12-10-15)24-22-26(5-2)21(28)19(29-22)13-20(27)25-18-8-6-7-17(23)14(18)3/h6-12,19H,4-5,13H2,1-3H3,(H,25,27). The van der Waals surface area contributed by atoms with Gasteiger partial charge in [-0.3, -0.25) is 14.5 Å². The molecule has 7 heteroatoms. The first-order chi connectivity index (χ1) is 13.9. The molecule has 2 aromatic carbocycles. The lowest BCUT2D eigenvalue weighted by atomic mass is 10.2. The number of aliphatic imine (C=N–C) groups is 1. The maximum Gasteiger partial charge on any atom is 0.242 e. The zero-order chi connectivity index (χ0) is 21.0. The van der Waals surface area contributed by atoms with Crippen LogP contribution in [0.25, 0.3) is 0 Å². The number of benzene rings is 2. The van der Waals surface area contributed by atoms with Gasteiger partial charge in [-0.15, -0.1) is 0 Å². The zero-order valence-electron chi connectivity index (χ0n) is 16.7. The topological polar surface area (TPSA) is 61.8 Å². The van der Waals surface area contributed by atoms with E-state index in [1.54, 1.807) is 23.1 Å². The monoisotopic (exact) mass is 429 g/mol. The fraction of sp³-hybridized carbons (Fsp3) is 0.318. The minimum Gasteiger partial charge on any atom is -0.326 e. The van der Waals surface area contributed by atoms with E-state index in [-0.39, 0.29) is 18.2 Å². The van der Waals surface area contributed by atoms with E-state index >= 15 is 0 Å². The number of aryl methyl sites for hydroxylation is 1. The third kappa shape index (κ3) is 5.00. The molecule has 0 saturated carbocycles. The fourth-order valence-electron chi connectivity index (χ4n) is 3.05. The van der Waals surface area contributed by atoms with Crippen LogP contribution >= 0.6 is 23.4 Å². The highest BCUT2D eigenvalue weighted by atomic mass is 35.5. The van der Waals surface area contributed by atoms with Crippen LogP contribution in [0.2, 0.25) is 5.02 Å². The van der Waals surface area contributed by atoms with Crippen molar-refractivity contribution in [1.29, 1.82) is 0 Å². The van der Waals surface area contributed by atoms with Gasteiger partial charge in [0, 0.05) is 23.7 Å². The Morgan fingerprint density at radius 1 is 1.21 bits per heavy atom. The normalized spacial score (nSPS) is 17.8. The predicted octanol–water partition coefficient (Wildman–Crippen LogP) is 5.19. The van der Waals surface area contributed by atoms with Gasteiger partial charge < -0.3 is 5.32 Å². The van der Waals surface area contributed by atoms with Gasteiger partial charge in [-0.05, 0) is 55.7 Å². The van der Waals surface area contributed by atoms with Gasteiger partial charge in [0.2, 0.25) is 11.8 Å². The van der Waals surface area contributed by atoms with Gasteiger partial charge in [0.1, 0.15) is 5.25 Å². The molecule has 2 aromatic rings. The number of amidine groups is 1. The largest absolute Gasteiger partial charge is 0.326 e. The maximum atomic E-state index is 12.8. The Morgan fingerprint density at radius 2 is 1.93 bits per heavy atom. The Morgan fingerprint density at radius 3 is 2.59 bits per heavy atom. The second-order valence-electron chi connectivity index (χ2n) is 6.77. The van der Waals surface area contributed by atoms with E-state index < -0.39 is 5.25 Å². The van der Waals surface area contributed by atoms with E-state index in [2.05, 4.69) is 17.2 Å². The van der Waals surface area contributed by atoms with Crippen molar-refractivity contribution in [3.63, 3.8) is 0 Å². The van der Waals surface area contributed by atoms with Crippen molar-refractivity contribution in [3.05, 3.63) is 58.6 Å². The average Bonchev–Trinajstić information content (AvgIpc) is 3.00. The van der Waals surface area contributed by atoms with Crippen molar-refractivity contribution in [2.24, 2.45) is 4.99 Å². The molecule has 1 fully saturated rings. The SMILES string of the molecule is CCc1ccc(N=C2SC(CC(=O)Nc3cccc(Cl)c3C)C(=O)N2CC)cc1. The highest BCUT2D eigenvalue weighted by molar-refractivity contribution is 8.15.